The number of amides is 2. The van der Waals surface area contributed by atoms with Crippen molar-refractivity contribution in [3.05, 3.63) is 130 Å². The summed E-state index contributed by atoms with van der Waals surface area (Å²) in [6.07, 6.45) is 2.47. The number of rotatable bonds is 11. The summed E-state index contributed by atoms with van der Waals surface area (Å²) in [5.41, 5.74) is 6.03. The van der Waals surface area contributed by atoms with Gasteiger partial charge in [-0.25, -0.2) is 9.59 Å². The second-order valence-electron chi connectivity index (χ2n) is 10.5. The Labute approximate surface area is 258 Å². The third-order valence-corrected chi connectivity index (χ3v) is 6.96. The molecule has 0 bridgehead atoms. The SMILES string of the molecule is CCCCc1ccc(C#Cc2ccc(CN(Cc3ccc(OC(C)C(=O)O)cc3)C(=O)Nc3ccc(C#N)cc3)cc2)cc1. The van der Waals surface area contributed by atoms with Crippen LogP contribution in [0.15, 0.2) is 97.1 Å². The molecule has 0 spiro atoms. The van der Waals surface area contributed by atoms with Crippen molar-refractivity contribution in [3.8, 4) is 23.7 Å². The number of carbonyl (C=O) groups is 2. The van der Waals surface area contributed by atoms with Crippen LogP contribution in [0, 0.1) is 23.2 Å². The molecule has 0 aliphatic rings. The number of ether oxygens (including phenoxy) is 1. The van der Waals surface area contributed by atoms with E-state index in [4.69, 9.17) is 15.1 Å². The number of nitrogens with zero attached hydrogens (tertiary/aromatic N) is 2. The molecule has 0 aromatic heterocycles. The lowest BCUT2D eigenvalue weighted by atomic mass is 10.1. The number of nitrogens with one attached hydrogen (secondary N) is 1. The van der Waals surface area contributed by atoms with E-state index in [0.717, 1.165) is 28.7 Å². The zero-order chi connectivity index (χ0) is 31.3. The van der Waals surface area contributed by atoms with Gasteiger partial charge in [-0.1, -0.05) is 61.6 Å². The molecular weight excluding hydrogens is 550 g/mol. The van der Waals surface area contributed by atoms with E-state index in [1.165, 1.54) is 25.3 Å². The van der Waals surface area contributed by atoms with Crippen LogP contribution in [0.1, 0.15) is 60.1 Å². The van der Waals surface area contributed by atoms with Gasteiger partial charge in [0.2, 0.25) is 0 Å². The average molecular weight is 586 g/mol. The average Bonchev–Trinajstić information content (AvgIpc) is 3.04. The lowest BCUT2D eigenvalue weighted by Gasteiger charge is -2.24. The van der Waals surface area contributed by atoms with Gasteiger partial charge in [0.05, 0.1) is 11.6 Å². The van der Waals surface area contributed by atoms with Crippen molar-refractivity contribution in [2.24, 2.45) is 0 Å². The van der Waals surface area contributed by atoms with Crippen LogP contribution >= 0.6 is 0 Å². The summed E-state index contributed by atoms with van der Waals surface area (Å²) >= 11 is 0. The summed E-state index contributed by atoms with van der Waals surface area (Å²) in [6, 6.07) is 31.7. The molecule has 222 valence electrons. The Kier molecular flexibility index (Phi) is 11.2. The van der Waals surface area contributed by atoms with E-state index in [0.29, 0.717) is 30.1 Å². The summed E-state index contributed by atoms with van der Waals surface area (Å²) in [6.45, 7) is 4.29. The topological polar surface area (TPSA) is 103 Å². The Hall–Kier alpha value is -5.53. The predicted molar refractivity (Wildman–Crippen MR) is 171 cm³/mol. The van der Waals surface area contributed by atoms with Gasteiger partial charge in [-0.15, -0.1) is 0 Å². The van der Waals surface area contributed by atoms with E-state index in [9.17, 15) is 9.59 Å². The van der Waals surface area contributed by atoms with Gasteiger partial charge in [0, 0.05) is 29.9 Å². The Morgan fingerprint density at radius 3 is 1.80 bits per heavy atom. The number of unbranched alkanes of at least 4 members (excludes halogenated alkanes) is 1. The molecule has 4 aromatic carbocycles. The Morgan fingerprint density at radius 2 is 1.30 bits per heavy atom. The van der Waals surface area contributed by atoms with Crippen LogP contribution in [0.4, 0.5) is 10.5 Å². The van der Waals surface area contributed by atoms with Gasteiger partial charge >= 0.3 is 12.0 Å². The molecule has 0 saturated heterocycles. The van der Waals surface area contributed by atoms with E-state index in [1.54, 1.807) is 53.4 Å². The number of nitriles is 1. The molecule has 4 rings (SSSR count). The van der Waals surface area contributed by atoms with Gasteiger partial charge in [0.1, 0.15) is 5.75 Å². The lowest BCUT2D eigenvalue weighted by Crippen LogP contribution is -2.34. The molecule has 1 atom stereocenters. The van der Waals surface area contributed by atoms with E-state index < -0.39 is 12.1 Å². The summed E-state index contributed by atoms with van der Waals surface area (Å²) in [7, 11) is 0. The number of hydrogen-bond donors (Lipinski definition) is 2. The number of carboxylic acid groups (broad SMARTS) is 1. The van der Waals surface area contributed by atoms with Gasteiger partial charge in [-0.3, -0.25) is 0 Å². The second kappa shape index (κ2) is 15.6. The summed E-state index contributed by atoms with van der Waals surface area (Å²) < 4.78 is 5.43. The third kappa shape index (κ3) is 9.51. The van der Waals surface area contributed by atoms with Gasteiger partial charge in [-0.05, 0) is 97.1 Å². The largest absolute Gasteiger partial charge is 0.479 e. The fraction of sp³-hybridized carbons (Fsp3) is 0.216. The predicted octanol–water partition coefficient (Wildman–Crippen LogP) is 7.39. The minimum absolute atomic E-state index is 0.298. The maximum Gasteiger partial charge on any atom is 0.344 e. The van der Waals surface area contributed by atoms with E-state index in [1.807, 2.05) is 24.3 Å². The highest BCUT2D eigenvalue weighted by Gasteiger charge is 2.16. The first-order valence-electron chi connectivity index (χ1n) is 14.6. The van der Waals surface area contributed by atoms with E-state index >= 15 is 0 Å². The first-order valence-corrected chi connectivity index (χ1v) is 14.6. The van der Waals surface area contributed by atoms with E-state index in [2.05, 4.69) is 54.4 Å². The number of aliphatic carboxylic acids is 1. The number of hydrogen-bond acceptors (Lipinski definition) is 4. The Morgan fingerprint density at radius 1 is 0.795 bits per heavy atom. The van der Waals surface area contributed by atoms with Crippen molar-refractivity contribution >= 4 is 17.7 Å². The summed E-state index contributed by atoms with van der Waals surface area (Å²) in [5, 5.41) is 21.1. The van der Waals surface area contributed by atoms with E-state index in [-0.39, 0.29) is 6.03 Å². The standard InChI is InChI=1S/C37H35N3O4/c1-3-4-5-28-6-8-29(9-7-28)10-11-30-12-14-32(15-13-30)25-40(37(43)39-34-20-16-31(24-38)17-21-34)26-33-18-22-35(23-19-33)44-27(2)36(41)42/h6-9,12-23,27H,3-5,25-26H2,1-2H3,(H,39,43)(H,41,42). The molecule has 2 N–H and O–H groups in total. The maximum absolute atomic E-state index is 13.4. The molecule has 4 aromatic rings. The third-order valence-electron chi connectivity index (χ3n) is 6.96. The number of benzene rings is 4. The minimum Gasteiger partial charge on any atom is -0.479 e. The molecule has 0 aliphatic heterocycles. The van der Waals surface area contributed by atoms with Crippen LogP contribution in [-0.2, 0) is 24.3 Å². The smallest absolute Gasteiger partial charge is 0.344 e. The summed E-state index contributed by atoms with van der Waals surface area (Å²) in [5.74, 6) is 5.83. The highest BCUT2D eigenvalue weighted by molar-refractivity contribution is 5.89. The lowest BCUT2D eigenvalue weighted by molar-refractivity contribution is -0.144. The van der Waals surface area contributed by atoms with Crippen molar-refractivity contribution in [1.29, 1.82) is 5.26 Å². The Bertz CT molecular complexity index is 1640. The summed E-state index contributed by atoms with van der Waals surface area (Å²) in [4.78, 5) is 26.2. The van der Waals surface area contributed by atoms with Crippen molar-refractivity contribution in [2.45, 2.75) is 52.3 Å². The van der Waals surface area contributed by atoms with Crippen LogP contribution in [0.3, 0.4) is 0 Å². The molecule has 0 fully saturated rings. The first-order chi connectivity index (χ1) is 21.3. The van der Waals surface area contributed by atoms with Crippen LogP contribution in [0.2, 0.25) is 0 Å². The fourth-order valence-corrected chi connectivity index (χ4v) is 4.37. The van der Waals surface area contributed by atoms with Crippen LogP contribution in [0.25, 0.3) is 0 Å². The first kappa shape index (κ1) is 31.4. The normalized spacial score (nSPS) is 10.9. The Balaban J connectivity index is 1.47. The molecular formula is C37H35N3O4. The highest BCUT2D eigenvalue weighted by atomic mass is 16.5. The van der Waals surface area contributed by atoms with Crippen LogP contribution in [0.5, 0.6) is 5.75 Å². The molecule has 44 heavy (non-hydrogen) atoms. The number of carbonyl (C=O) groups excluding carboxylic acids is 1. The highest BCUT2D eigenvalue weighted by Crippen LogP contribution is 2.19. The van der Waals surface area contributed by atoms with Crippen LogP contribution in [-0.4, -0.2) is 28.1 Å². The zero-order valence-corrected chi connectivity index (χ0v) is 24.9. The molecule has 7 heteroatoms. The zero-order valence-electron chi connectivity index (χ0n) is 24.9. The van der Waals surface area contributed by atoms with Gasteiger partial charge in [-0.2, -0.15) is 5.26 Å². The van der Waals surface area contributed by atoms with Crippen molar-refractivity contribution in [1.82, 2.24) is 4.90 Å². The molecule has 0 aliphatic carbocycles. The number of aryl methyl sites for hydroxylation is 1. The number of anilines is 1. The van der Waals surface area contributed by atoms with Gasteiger partial charge < -0.3 is 20.1 Å². The molecule has 0 radical (unpaired) electrons. The second-order valence-corrected chi connectivity index (χ2v) is 10.5. The molecule has 0 heterocycles. The molecule has 7 nitrogen and oxygen atoms in total. The number of carboxylic acids is 1. The minimum atomic E-state index is -1.05. The van der Waals surface area contributed by atoms with Crippen molar-refractivity contribution in [2.75, 3.05) is 5.32 Å². The quantitative estimate of drug-likeness (QED) is 0.179. The van der Waals surface area contributed by atoms with Crippen LogP contribution < -0.4 is 10.1 Å². The molecule has 0 saturated carbocycles. The van der Waals surface area contributed by atoms with Crippen molar-refractivity contribution < 1.29 is 19.4 Å². The molecule has 1 unspecified atom stereocenters. The molecule has 2 amide bonds. The maximum atomic E-state index is 13.4. The monoisotopic (exact) mass is 585 g/mol. The van der Waals surface area contributed by atoms with Crippen molar-refractivity contribution in [3.63, 3.8) is 0 Å². The fourth-order valence-electron chi connectivity index (χ4n) is 4.37. The number of urea groups is 1. The van der Waals surface area contributed by atoms with Gasteiger partial charge in [0.25, 0.3) is 0 Å². The van der Waals surface area contributed by atoms with Gasteiger partial charge in [0.15, 0.2) is 6.10 Å².